The summed E-state index contributed by atoms with van der Waals surface area (Å²) in [6, 6.07) is 0. The Morgan fingerprint density at radius 2 is 1.84 bits per heavy atom. The summed E-state index contributed by atoms with van der Waals surface area (Å²) in [4.78, 5) is 16.0. The molecule has 0 saturated carbocycles. The van der Waals surface area contributed by atoms with Gasteiger partial charge in [-0.05, 0) is 20.8 Å². The molecular weight excluding hydrogens is 260 g/mol. The number of anilines is 1. The van der Waals surface area contributed by atoms with E-state index in [2.05, 4.69) is 40.8 Å². The molecule has 1 heterocycles. The molecule has 0 aliphatic rings. The average molecular weight is 284 g/mol. The van der Waals surface area contributed by atoms with Gasteiger partial charge in [-0.25, -0.2) is 4.98 Å². The molecule has 0 bridgehead atoms. The largest absolute Gasteiger partial charge is 0.360 e. The van der Waals surface area contributed by atoms with Gasteiger partial charge < -0.3 is 10.6 Å². The Labute approximate surface area is 119 Å². The van der Waals surface area contributed by atoms with E-state index in [1.807, 2.05) is 20.8 Å². The van der Waals surface area contributed by atoms with Crippen LogP contribution in [-0.2, 0) is 10.2 Å². The van der Waals surface area contributed by atoms with Gasteiger partial charge in [-0.1, -0.05) is 20.8 Å². The van der Waals surface area contributed by atoms with E-state index in [0.717, 1.165) is 11.0 Å². The van der Waals surface area contributed by atoms with Crippen molar-refractivity contribution in [1.29, 1.82) is 0 Å². The van der Waals surface area contributed by atoms with Crippen LogP contribution in [0.2, 0.25) is 0 Å². The minimum absolute atomic E-state index is 0.0416. The molecule has 0 atom stereocenters. The first-order valence-electron chi connectivity index (χ1n) is 6.47. The predicted octanol–water partition coefficient (Wildman–Crippen LogP) is 2.55. The van der Waals surface area contributed by atoms with Crippen molar-refractivity contribution in [1.82, 2.24) is 14.7 Å². The fourth-order valence-corrected chi connectivity index (χ4v) is 2.15. The summed E-state index contributed by atoms with van der Waals surface area (Å²) in [5.74, 6) is 0.875. The lowest BCUT2D eigenvalue weighted by Gasteiger charge is -2.20. The van der Waals surface area contributed by atoms with Gasteiger partial charge in [0.15, 0.2) is 0 Å². The number of rotatable bonds is 4. The molecule has 2 N–H and O–H groups in total. The lowest BCUT2D eigenvalue weighted by atomic mass is 9.96. The first kappa shape index (κ1) is 15.9. The van der Waals surface area contributed by atoms with Crippen LogP contribution in [0.25, 0.3) is 0 Å². The van der Waals surface area contributed by atoms with Crippen LogP contribution in [0.1, 0.15) is 53.8 Å². The van der Waals surface area contributed by atoms with Gasteiger partial charge in [-0.15, -0.1) is 0 Å². The summed E-state index contributed by atoms with van der Waals surface area (Å²) < 4.78 is 4.31. The molecule has 0 aliphatic carbocycles. The van der Waals surface area contributed by atoms with E-state index >= 15 is 0 Å². The summed E-state index contributed by atoms with van der Waals surface area (Å²) in [6.07, 6.45) is 0.432. The summed E-state index contributed by atoms with van der Waals surface area (Å²) in [7, 11) is 0. The Bertz CT molecular complexity index is 429. The van der Waals surface area contributed by atoms with Crippen molar-refractivity contribution >= 4 is 22.6 Å². The van der Waals surface area contributed by atoms with Crippen LogP contribution in [0, 0.1) is 0 Å². The van der Waals surface area contributed by atoms with Crippen molar-refractivity contribution in [2.24, 2.45) is 0 Å². The van der Waals surface area contributed by atoms with Gasteiger partial charge in [0, 0.05) is 35.5 Å². The standard InChI is InChI=1S/C13H24N4OS/c1-12(2,3)10-15-11(19-17-10)14-8-7-9(18)16-13(4,5)6/h7-8H2,1-6H3,(H,16,18)(H,14,15,17). The van der Waals surface area contributed by atoms with Gasteiger partial charge in [0.1, 0.15) is 5.82 Å². The summed E-state index contributed by atoms with van der Waals surface area (Å²) in [6.45, 7) is 12.7. The maximum Gasteiger partial charge on any atom is 0.222 e. The molecule has 1 amide bonds. The van der Waals surface area contributed by atoms with Crippen LogP contribution >= 0.6 is 11.5 Å². The topological polar surface area (TPSA) is 66.9 Å². The maximum absolute atomic E-state index is 11.6. The second kappa shape index (κ2) is 5.86. The second-order valence-electron chi connectivity index (χ2n) is 6.65. The summed E-state index contributed by atoms with van der Waals surface area (Å²) in [5, 5.41) is 6.83. The molecule has 0 aliphatic heterocycles. The third-order valence-electron chi connectivity index (χ3n) is 2.24. The van der Waals surface area contributed by atoms with Gasteiger partial charge in [0.05, 0.1) is 0 Å². The van der Waals surface area contributed by atoms with E-state index in [-0.39, 0.29) is 16.9 Å². The van der Waals surface area contributed by atoms with E-state index in [1.54, 1.807) is 0 Å². The van der Waals surface area contributed by atoms with Crippen LogP contribution < -0.4 is 10.6 Å². The monoisotopic (exact) mass is 284 g/mol. The Morgan fingerprint density at radius 1 is 1.21 bits per heavy atom. The molecule has 1 aromatic heterocycles. The van der Waals surface area contributed by atoms with Crippen LogP contribution in [0.15, 0.2) is 0 Å². The van der Waals surface area contributed by atoms with Crippen molar-refractivity contribution < 1.29 is 4.79 Å². The fourth-order valence-electron chi connectivity index (χ4n) is 1.36. The van der Waals surface area contributed by atoms with Crippen LogP contribution in [0.5, 0.6) is 0 Å². The molecule has 5 nitrogen and oxygen atoms in total. The van der Waals surface area contributed by atoms with E-state index in [9.17, 15) is 4.79 Å². The van der Waals surface area contributed by atoms with E-state index < -0.39 is 0 Å². The smallest absolute Gasteiger partial charge is 0.222 e. The van der Waals surface area contributed by atoms with Crippen LogP contribution in [0.4, 0.5) is 5.13 Å². The minimum Gasteiger partial charge on any atom is -0.360 e. The molecule has 0 fully saturated rings. The Morgan fingerprint density at radius 3 is 2.32 bits per heavy atom. The highest BCUT2D eigenvalue weighted by Crippen LogP contribution is 2.22. The number of hydrogen-bond donors (Lipinski definition) is 2. The Kier molecular flexibility index (Phi) is 4.90. The first-order valence-corrected chi connectivity index (χ1v) is 7.24. The molecule has 0 radical (unpaired) electrons. The molecule has 0 saturated heterocycles. The van der Waals surface area contributed by atoms with Crippen LogP contribution in [0.3, 0.4) is 0 Å². The number of nitrogens with zero attached hydrogens (tertiary/aromatic N) is 2. The van der Waals surface area contributed by atoms with E-state index in [1.165, 1.54) is 11.5 Å². The average Bonchev–Trinajstić information content (AvgIpc) is 2.62. The molecule has 1 rings (SSSR count). The normalized spacial score (nSPS) is 12.3. The molecule has 108 valence electrons. The highest BCUT2D eigenvalue weighted by Gasteiger charge is 2.19. The van der Waals surface area contributed by atoms with Crippen molar-refractivity contribution in [2.75, 3.05) is 11.9 Å². The van der Waals surface area contributed by atoms with Crippen molar-refractivity contribution in [3.63, 3.8) is 0 Å². The summed E-state index contributed by atoms with van der Waals surface area (Å²) in [5.41, 5.74) is -0.223. The molecule has 0 aromatic carbocycles. The third kappa shape index (κ3) is 6.00. The fraction of sp³-hybridized carbons (Fsp3) is 0.769. The van der Waals surface area contributed by atoms with Gasteiger partial charge in [0.2, 0.25) is 11.0 Å². The van der Waals surface area contributed by atoms with E-state index in [4.69, 9.17) is 0 Å². The predicted molar refractivity (Wildman–Crippen MR) is 79.6 cm³/mol. The molecule has 0 spiro atoms. The molecule has 1 aromatic rings. The van der Waals surface area contributed by atoms with Gasteiger partial charge in [0.25, 0.3) is 0 Å². The maximum atomic E-state index is 11.6. The number of carbonyl (C=O) groups is 1. The number of nitrogens with one attached hydrogen (secondary N) is 2. The van der Waals surface area contributed by atoms with Crippen molar-refractivity contribution in [3.05, 3.63) is 5.82 Å². The van der Waals surface area contributed by atoms with Gasteiger partial charge in [-0.3, -0.25) is 4.79 Å². The Balaban J connectivity index is 2.38. The number of amides is 1. The van der Waals surface area contributed by atoms with E-state index in [0.29, 0.717) is 13.0 Å². The quantitative estimate of drug-likeness (QED) is 0.891. The molecule has 19 heavy (non-hydrogen) atoms. The summed E-state index contributed by atoms with van der Waals surface area (Å²) >= 11 is 1.34. The zero-order valence-electron chi connectivity index (χ0n) is 12.6. The zero-order chi connectivity index (χ0) is 14.7. The highest BCUT2D eigenvalue weighted by molar-refractivity contribution is 7.09. The SMILES string of the molecule is CC(C)(C)NC(=O)CCNc1nc(C(C)(C)C)ns1. The Hall–Kier alpha value is -1.17. The minimum atomic E-state index is -0.181. The number of aromatic nitrogens is 2. The number of carbonyl (C=O) groups excluding carboxylic acids is 1. The third-order valence-corrected chi connectivity index (χ3v) is 2.91. The molecule has 0 unspecified atom stereocenters. The van der Waals surface area contributed by atoms with Gasteiger partial charge in [-0.2, -0.15) is 4.37 Å². The molecule has 6 heteroatoms. The van der Waals surface area contributed by atoms with Crippen LogP contribution in [-0.4, -0.2) is 27.3 Å². The lowest BCUT2D eigenvalue weighted by molar-refractivity contribution is -0.122. The molecular formula is C13H24N4OS. The van der Waals surface area contributed by atoms with Gasteiger partial charge >= 0.3 is 0 Å². The van der Waals surface area contributed by atoms with Crippen molar-refractivity contribution in [2.45, 2.75) is 58.9 Å². The zero-order valence-corrected chi connectivity index (χ0v) is 13.4. The first-order chi connectivity index (χ1) is 8.58. The second-order valence-corrected chi connectivity index (χ2v) is 7.40. The lowest BCUT2D eigenvalue weighted by Crippen LogP contribution is -2.41. The highest BCUT2D eigenvalue weighted by atomic mass is 32.1. The number of hydrogen-bond acceptors (Lipinski definition) is 5. The van der Waals surface area contributed by atoms with Crippen molar-refractivity contribution in [3.8, 4) is 0 Å².